The second-order valence-corrected chi connectivity index (χ2v) is 2.46. The third-order valence-corrected chi connectivity index (χ3v) is 1.64. The molecule has 2 heteroatoms. The van der Waals surface area contributed by atoms with E-state index in [1.54, 1.807) is 18.5 Å². The standard InChI is InChI=1S/C8H8ClN/c1-3-7-6(2)4-10-5-8(7)9/h3-5H,1H2,2H3. The van der Waals surface area contributed by atoms with Gasteiger partial charge in [-0.2, -0.15) is 0 Å². The van der Waals surface area contributed by atoms with E-state index in [0.717, 1.165) is 11.1 Å². The normalized spacial score (nSPS) is 9.40. The molecule has 0 aromatic carbocycles. The molecule has 0 bridgehead atoms. The van der Waals surface area contributed by atoms with Gasteiger partial charge >= 0.3 is 0 Å². The molecule has 1 aromatic heterocycles. The summed E-state index contributed by atoms with van der Waals surface area (Å²) >= 11 is 5.80. The minimum absolute atomic E-state index is 0.662. The Labute approximate surface area is 65.4 Å². The van der Waals surface area contributed by atoms with E-state index in [1.165, 1.54) is 0 Å². The molecule has 0 spiro atoms. The quantitative estimate of drug-likeness (QED) is 0.605. The van der Waals surface area contributed by atoms with Crippen molar-refractivity contribution in [2.24, 2.45) is 0 Å². The monoisotopic (exact) mass is 153 g/mol. The van der Waals surface area contributed by atoms with E-state index in [2.05, 4.69) is 11.6 Å². The molecule has 0 fully saturated rings. The molecular formula is C8H8ClN. The molecule has 0 atom stereocenters. The lowest BCUT2D eigenvalue weighted by Crippen LogP contribution is -1.83. The van der Waals surface area contributed by atoms with Crippen LogP contribution in [0.5, 0.6) is 0 Å². The number of rotatable bonds is 1. The highest BCUT2D eigenvalue weighted by Crippen LogP contribution is 2.18. The molecule has 0 unspecified atom stereocenters. The van der Waals surface area contributed by atoms with E-state index >= 15 is 0 Å². The molecular weight excluding hydrogens is 146 g/mol. The number of hydrogen-bond donors (Lipinski definition) is 0. The molecule has 0 aliphatic heterocycles. The van der Waals surface area contributed by atoms with Crippen LogP contribution in [0.15, 0.2) is 19.0 Å². The Hall–Kier alpha value is -0.820. The summed E-state index contributed by atoms with van der Waals surface area (Å²) in [5, 5.41) is 0.662. The van der Waals surface area contributed by atoms with Crippen LogP contribution >= 0.6 is 11.6 Å². The lowest BCUT2D eigenvalue weighted by atomic mass is 10.2. The summed E-state index contributed by atoms with van der Waals surface area (Å²) in [6.07, 6.45) is 5.12. The van der Waals surface area contributed by atoms with Crippen molar-refractivity contribution in [3.63, 3.8) is 0 Å². The van der Waals surface area contributed by atoms with Gasteiger partial charge in [0.25, 0.3) is 0 Å². The highest BCUT2D eigenvalue weighted by atomic mass is 35.5. The fourth-order valence-corrected chi connectivity index (χ4v) is 1.08. The maximum absolute atomic E-state index is 5.80. The molecule has 1 aromatic rings. The highest BCUT2D eigenvalue weighted by molar-refractivity contribution is 6.32. The lowest BCUT2D eigenvalue weighted by molar-refractivity contribution is 1.26. The van der Waals surface area contributed by atoms with Crippen molar-refractivity contribution in [1.82, 2.24) is 4.98 Å². The molecule has 1 heterocycles. The molecule has 0 aliphatic rings. The summed E-state index contributed by atoms with van der Waals surface area (Å²) in [5.41, 5.74) is 2.03. The average molecular weight is 154 g/mol. The van der Waals surface area contributed by atoms with Crippen molar-refractivity contribution < 1.29 is 0 Å². The fraction of sp³-hybridized carbons (Fsp3) is 0.125. The van der Waals surface area contributed by atoms with Gasteiger partial charge in [0, 0.05) is 12.4 Å². The summed E-state index contributed by atoms with van der Waals surface area (Å²) in [5.74, 6) is 0. The Balaban J connectivity index is 3.30. The van der Waals surface area contributed by atoms with E-state index in [4.69, 9.17) is 11.6 Å². The molecule has 1 rings (SSSR count). The maximum atomic E-state index is 5.80. The smallest absolute Gasteiger partial charge is 0.0664 e. The van der Waals surface area contributed by atoms with Gasteiger partial charge in [0.1, 0.15) is 0 Å². The topological polar surface area (TPSA) is 12.9 Å². The minimum Gasteiger partial charge on any atom is -0.263 e. The molecule has 0 saturated carbocycles. The van der Waals surface area contributed by atoms with E-state index in [0.29, 0.717) is 5.02 Å². The lowest BCUT2D eigenvalue weighted by Gasteiger charge is -1.99. The van der Waals surface area contributed by atoms with Gasteiger partial charge in [-0.25, -0.2) is 0 Å². The van der Waals surface area contributed by atoms with Crippen LogP contribution in [0.2, 0.25) is 5.02 Å². The fourth-order valence-electron chi connectivity index (χ4n) is 0.800. The van der Waals surface area contributed by atoms with E-state index < -0.39 is 0 Å². The predicted molar refractivity (Wildman–Crippen MR) is 44.1 cm³/mol. The van der Waals surface area contributed by atoms with Gasteiger partial charge in [-0.1, -0.05) is 24.3 Å². The zero-order valence-electron chi connectivity index (χ0n) is 5.76. The average Bonchev–Trinajstić information content (AvgIpc) is 1.88. The van der Waals surface area contributed by atoms with Crippen LogP contribution in [0.3, 0.4) is 0 Å². The molecule has 1 nitrogen and oxygen atoms in total. The summed E-state index contributed by atoms with van der Waals surface area (Å²) in [6.45, 7) is 5.59. The third-order valence-electron chi connectivity index (χ3n) is 1.34. The molecule has 0 saturated heterocycles. The van der Waals surface area contributed by atoms with Crippen molar-refractivity contribution in [3.8, 4) is 0 Å². The molecule has 0 aliphatic carbocycles. The minimum atomic E-state index is 0.662. The van der Waals surface area contributed by atoms with E-state index in [9.17, 15) is 0 Å². The van der Waals surface area contributed by atoms with Gasteiger partial charge < -0.3 is 0 Å². The summed E-state index contributed by atoms with van der Waals surface area (Å²) in [7, 11) is 0. The van der Waals surface area contributed by atoms with Gasteiger partial charge in [0.05, 0.1) is 5.02 Å². The SMILES string of the molecule is C=Cc1c(C)cncc1Cl. The number of nitrogens with zero attached hydrogens (tertiary/aromatic N) is 1. The van der Waals surface area contributed by atoms with Crippen molar-refractivity contribution in [3.05, 3.63) is 35.1 Å². The number of pyridine rings is 1. The van der Waals surface area contributed by atoms with Gasteiger partial charge in [-0.15, -0.1) is 0 Å². The molecule has 10 heavy (non-hydrogen) atoms. The first kappa shape index (κ1) is 7.29. The van der Waals surface area contributed by atoms with Crippen LogP contribution in [0.1, 0.15) is 11.1 Å². The summed E-state index contributed by atoms with van der Waals surface area (Å²) in [6, 6.07) is 0. The molecule has 52 valence electrons. The van der Waals surface area contributed by atoms with Gasteiger partial charge in [-0.3, -0.25) is 4.98 Å². The Kier molecular flexibility index (Phi) is 2.07. The molecule has 0 radical (unpaired) electrons. The first-order valence-corrected chi connectivity index (χ1v) is 3.36. The Bertz CT molecular complexity index is 235. The molecule has 0 N–H and O–H groups in total. The Morgan fingerprint density at radius 1 is 1.60 bits per heavy atom. The van der Waals surface area contributed by atoms with Crippen LogP contribution in [0, 0.1) is 6.92 Å². The number of halogens is 1. The second-order valence-electron chi connectivity index (χ2n) is 2.06. The first-order valence-electron chi connectivity index (χ1n) is 2.98. The van der Waals surface area contributed by atoms with Crippen molar-refractivity contribution >= 4 is 17.7 Å². The Morgan fingerprint density at radius 2 is 2.30 bits per heavy atom. The Morgan fingerprint density at radius 3 is 2.70 bits per heavy atom. The van der Waals surface area contributed by atoms with E-state index in [-0.39, 0.29) is 0 Å². The van der Waals surface area contributed by atoms with Crippen LogP contribution in [0.4, 0.5) is 0 Å². The van der Waals surface area contributed by atoms with Crippen molar-refractivity contribution in [2.45, 2.75) is 6.92 Å². The number of aromatic nitrogens is 1. The number of hydrogen-bond acceptors (Lipinski definition) is 1. The zero-order chi connectivity index (χ0) is 7.56. The maximum Gasteiger partial charge on any atom is 0.0664 e. The largest absolute Gasteiger partial charge is 0.263 e. The van der Waals surface area contributed by atoms with E-state index in [1.807, 2.05) is 6.92 Å². The summed E-state index contributed by atoms with van der Waals surface area (Å²) in [4.78, 5) is 3.91. The highest BCUT2D eigenvalue weighted by Gasteiger charge is 1.97. The number of aryl methyl sites for hydroxylation is 1. The third kappa shape index (κ3) is 1.19. The van der Waals surface area contributed by atoms with Crippen LogP contribution in [-0.4, -0.2) is 4.98 Å². The zero-order valence-corrected chi connectivity index (χ0v) is 6.52. The molecule has 0 amide bonds. The van der Waals surface area contributed by atoms with Crippen molar-refractivity contribution in [2.75, 3.05) is 0 Å². The first-order chi connectivity index (χ1) is 4.75. The summed E-state index contributed by atoms with van der Waals surface area (Å²) < 4.78 is 0. The van der Waals surface area contributed by atoms with Crippen LogP contribution in [-0.2, 0) is 0 Å². The van der Waals surface area contributed by atoms with Crippen LogP contribution in [0.25, 0.3) is 6.08 Å². The van der Waals surface area contributed by atoms with Gasteiger partial charge in [0.15, 0.2) is 0 Å². The second kappa shape index (κ2) is 2.84. The van der Waals surface area contributed by atoms with Crippen LogP contribution < -0.4 is 0 Å². The van der Waals surface area contributed by atoms with Gasteiger partial charge in [-0.05, 0) is 18.1 Å². The predicted octanol–water partition coefficient (Wildman–Crippen LogP) is 2.69. The van der Waals surface area contributed by atoms with Crippen molar-refractivity contribution in [1.29, 1.82) is 0 Å². The van der Waals surface area contributed by atoms with Gasteiger partial charge in [0.2, 0.25) is 0 Å².